The van der Waals surface area contributed by atoms with Crippen molar-refractivity contribution in [3.8, 4) is 5.75 Å². The van der Waals surface area contributed by atoms with Crippen LogP contribution in [0.15, 0.2) is 66.3 Å². The van der Waals surface area contributed by atoms with Gasteiger partial charge in [-0.2, -0.15) is 0 Å². The fourth-order valence-corrected chi connectivity index (χ4v) is 4.96. The van der Waals surface area contributed by atoms with Gasteiger partial charge in [0.2, 0.25) is 11.8 Å². The predicted molar refractivity (Wildman–Crippen MR) is 153 cm³/mol. The molecular weight excluding hydrogens is 630 g/mol. The van der Waals surface area contributed by atoms with Gasteiger partial charge in [0.1, 0.15) is 18.0 Å². The van der Waals surface area contributed by atoms with Gasteiger partial charge < -0.3 is 25.2 Å². The predicted octanol–water partition coefficient (Wildman–Crippen LogP) is 4.51. The third-order valence-corrected chi connectivity index (χ3v) is 7.33. The molecule has 3 unspecified atom stereocenters. The van der Waals surface area contributed by atoms with E-state index in [2.05, 4.69) is 27.9 Å². The fourth-order valence-electron chi connectivity index (χ4n) is 3.97. The molecule has 10 heteroatoms. The second-order valence-corrected chi connectivity index (χ2v) is 10.5. The minimum atomic E-state index is -1.14. The Hall–Kier alpha value is -2.11. The number of hydrogen-bond donors (Lipinski definition) is 3. The molecule has 0 aromatic heterocycles. The van der Waals surface area contributed by atoms with E-state index >= 15 is 0 Å². The average molecular weight is 659 g/mol. The highest BCUT2D eigenvalue weighted by atomic mass is 127. The Morgan fingerprint density at radius 1 is 1.24 bits per heavy atom. The molecular formula is C27H29Cl2IN2O5. The van der Waals surface area contributed by atoms with Crippen molar-refractivity contribution < 1.29 is 24.5 Å². The summed E-state index contributed by atoms with van der Waals surface area (Å²) in [6.07, 6.45) is 3.46. The van der Waals surface area contributed by atoms with Gasteiger partial charge in [-0.1, -0.05) is 54.4 Å². The lowest BCUT2D eigenvalue weighted by Gasteiger charge is -2.40. The van der Waals surface area contributed by atoms with Crippen LogP contribution in [0.5, 0.6) is 5.75 Å². The van der Waals surface area contributed by atoms with Crippen molar-refractivity contribution in [2.45, 2.75) is 44.6 Å². The lowest BCUT2D eigenvalue weighted by Crippen LogP contribution is -2.54. The number of aliphatic hydroxyl groups excluding tert-OH is 2. The summed E-state index contributed by atoms with van der Waals surface area (Å²) in [6, 6.07) is 11.5. The van der Waals surface area contributed by atoms with Crippen LogP contribution in [-0.2, 0) is 16.1 Å². The number of amides is 2. The molecule has 0 heterocycles. The highest BCUT2D eigenvalue weighted by Gasteiger charge is 2.40. The molecule has 2 amide bonds. The lowest BCUT2D eigenvalue weighted by atomic mass is 9.87. The van der Waals surface area contributed by atoms with Gasteiger partial charge in [-0.3, -0.25) is 9.59 Å². The topological polar surface area (TPSA) is 99.1 Å². The molecule has 0 spiro atoms. The Morgan fingerprint density at radius 2 is 2.00 bits per heavy atom. The Labute approximate surface area is 240 Å². The van der Waals surface area contributed by atoms with E-state index in [1.165, 1.54) is 11.0 Å². The summed E-state index contributed by atoms with van der Waals surface area (Å²) in [7, 11) is 0. The number of halogens is 3. The molecule has 0 saturated heterocycles. The van der Waals surface area contributed by atoms with Crippen molar-refractivity contribution in [3.63, 3.8) is 0 Å². The number of rotatable bonds is 10. The van der Waals surface area contributed by atoms with Crippen LogP contribution in [0.4, 0.5) is 0 Å². The Bertz CT molecular complexity index is 1170. The molecule has 0 radical (unpaired) electrons. The van der Waals surface area contributed by atoms with Crippen molar-refractivity contribution >= 4 is 57.6 Å². The number of nitrogens with one attached hydrogen (secondary N) is 1. The van der Waals surface area contributed by atoms with E-state index < -0.39 is 24.2 Å². The summed E-state index contributed by atoms with van der Waals surface area (Å²) in [5, 5.41) is 24.1. The van der Waals surface area contributed by atoms with Crippen LogP contribution < -0.4 is 10.1 Å². The van der Waals surface area contributed by atoms with E-state index in [1.807, 2.05) is 25.1 Å². The lowest BCUT2D eigenvalue weighted by molar-refractivity contribution is -0.134. The summed E-state index contributed by atoms with van der Waals surface area (Å²) in [5.41, 5.74) is 0.992. The van der Waals surface area contributed by atoms with Gasteiger partial charge in [0, 0.05) is 35.1 Å². The van der Waals surface area contributed by atoms with Gasteiger partial charge in [-0.25, -0.2) is 0 Å². The first kappa shape index (κ1) is 29.4. The summed E-state index contributed by atoms with van der Waals surface area (Å²) in [5.74, 6) is -0.186. The van der Waals surface area contributed by atoms with Gasteiger partial charge in [0.15, 0.2) is 0 Å². The molecule has 3 atom stereocenters. The minimum Gasteiger partial charge on any atom is -0.482 e. The second-order valence-electron chi connectivity index (χ2n) is 8.46. The zero-order valence-electron chi connectivity index (χ0n) is 20.2. The van der Waals surface area contributed by atoms with E-state index in [9.17, 15) is 14.7 Å². The molecule has 7 nitrogen and oxygen atoms in total. The number of carbonyl (C=O) groups excluding carboxylic acids is 2. The van der Waals surface area contributed by atoms with Crippen molar-refractivity contribution in [1.82, 2.24) is 10.2 Å². The number of aliphatic hydroxyl groups is 2. The summed E-state index contributed by atoms with van der Waals surface area (Å²) in [4.78, 5) is 27.8. The molecule has 3 rings (SSSR count). The minimum absolute atomic E-state index is 0.0771. The van der Waals surface area contributed by atoms with Gasteiger partial charge in [-0.15, -0.1) is 0 Å². The van der Waals surface area contributed by atoms with Crippen molar-refractivity contribution in [1.29, 1.82) is 0 Å². The SMILES string of the molecule is CCC=CC(=O)N(Cc1ccc(Cl)cc1Cl)C1CC(C(=O)NCCO)=CC(Oc2ccccc2I)C1O. The van der Waals surface area contributed by atoms with Gasteiger partial charge in [-0.05, 0) is 71.0 Å². The maximum atomic E-state index is 13.4. The van der Waals surface area contributed by atoms with Crippen molar-refractivity contribution in [2.24, 2.45) is 0 Å². The molecule has 0 bridgehead atoms. The van der Waals surface area contributed by atoms with Crippen LogP contribution in [0.3, 0.4) is 0 Å². The molecule has 3 N–H and O–H groups in total. The molecule has 1 aliphatic carbocycles. The molecule has 1 aliphatic rings. The largest absolute Gasteiger partial charge is 0.482 e. The number of para-hydroxylation sites is 1. The van der Waals surface area contributed by atoms with Crippen molar-refractivity contribution in [2.75, 3.05) is 13.2 Å². The maximum absolute atomic E-state index is 13.4. The maximum Gasteiger partial charge on any atom is 0.247 e. The molecule has 0 fully saturated rings. The quantitative estimate of drug-likeness (QED) is 0.258. The van der Waals surface area contributed by atoms with E-state index in [4.69, 9.17) is 33.0 Å². The van der Waals surface area contributed by atoms with Gasteiger partial charge >= 0.3 is 0 Å². The molecule has 0 saturated carbocycles. The highest BCUT2D eigenvalue weighted by molar-refractivity contribution is 14.1. The summed E-state index contributed by atoms with van der Waals surface area (Å²) < 4.78 is 6.99. The van der Waals surface area contributed by atoms with E-state index in [-0.39, 0.29) is 32.0 Å². The number of nitrogens with zero attached hydrogens (tertiary/aromatic N) is 1. The van der Waals surface area contributed by atoms with Gasteiger partial charge in [0.05, 0.1) is 16.2 Å². The average Bonchev–Trinajstić information content (AvgIpc) is 2.88. The fraction of sp³-hybridized carbons (Fsp3) is 0.333. The first-order valence-corrected chi connectivity index (χ1v) is 13.7. The monoisotopic (exact) mass is 658 g/mol. The molecule has 198 valence electrons. The van der Waals surface area contributed by atoms with Crippen LogP contribution in [-0.4, -0.2) is 58.3 Å². The zero-order valence-corrected chi connectivity index (χ0v) is 23.9. The highest BCUT2D eigenvalue weighted by Crippen LogP contribution is 2.31. The smallest absolute Gasteiger partial charge is 0.247 e. The van der Waals surface area contributed by atoms with E-state index in [1.54, 1.807) is 36.4 Å². The van der Waals surface area contributed by atoms with Crippen LogP contribution in [0.2, 0.25) is 10.0 Å². The third-order valence-electron chi connectivity index (χ3n) is 5.85. The number of allylic oxidation sites excluding steroid dienone is 1. The standard InChI is InChI=1S/C27H29Cl2IN2O5/c1-2-3-8-25(34)32(16-17-9-10-19(28)15-20(17)29)22-13-18(27(36)31-11-12-33)14-24(26(22)35)37-23-7-5-4-6-21(23)30/h3-10,14-15,22,24,26,33,35H,2,11-13,16H2,1H3,(H,31,36). The Morgan fingerprint density at radius 3 is 2.68 bits per heavy atom. The summed E-state index contributed by atoms with van der Waals surface area (Å²) in [6.45, 7) is 1.87. The third kappa shape index (κ3) is 7.94. The molecule has 2 aromatic rings. The van der Waals surface area contributed by atoms with Crippen LogP contribution in [0.25, 0.3) is 0 Å². The second kappa shape index (κ2) is 14.2. The summed E-state index contributed by atoms with van der Waals surface area (Å²) >= 11 is 14.6. The molecule has 0 aliphatic heterocycles. The van der Waals surface area contributed by atoms with Crippen LogP contribution >= 0.6 is 45.8 Å². The first-order chi connectivity index (χ1) is 17.7. The number of carbonyl (C=O) groups is 2. The number of ether oxygens (including phenoxy) is 1. The first-order valence-electron chi connectivity index (χ1n) is 11.8. The van der Waals surface area contributed by atoms with Gasteiger partial charge in [0.25, 0.3) is 0 Å². The Kier molecular flexibility index (Phi) is 11.3. The Balaban J connectivity index is 2.01. The zero-order chi connectivity index (χ0) is 26.9. The van der Waals surface area contributed by atoms with E-state index in [0.29, 0.717) is 33.4 Å². The number of benzene rings is 2. The number of hydrogen-bond acceptors (Lipinski definition) is 5. The molecule has 37 heavy (non-hydrogen) atoms. The van der Waals surface area contributed by atoms with Crippen LogP contribution in [0, 0.1) is 3.57 Å². The normalized spacial score (nSPS) is 19.4. The van der Waals surface area contributed by atoms with Crippen LogP contribution in [0.1, 0.15) is 25.3 Å². The van der Waals surface area contributed by atoms with Crippen molar-refractivity contribution in [3.05, 3.63) is 85.4 Å². The van der Waals surface area contributed by atoms with E-state index in [0.717, 1.165) is 3.57 Å². The molecule has 2 aromatic carbocycles.